The Morgan fingerprint density at radius 1 is 1.33 bits per heavy atom. The number of rotatable bonds is 7. The Balaban J connectivity index is 1.92. The molecular weight excluding hydrogens is 290 g/mol. The van der Waals surface area contributed by atoms with Gasteiger partial charge in [-0.05, 0) is 58.1 Å². The van der Waals surface area contributed by atoms with Crippen molar-refractivity contribution in [3.8, 4) is 0 Å². The highest BCUT2D eigenvalue weighted by Crippen LogP contribution is 2.17. The predicted molar refractivity (Wildman–Crippen MR) is 81.5 cm³/mol. The van der Waals surface area contributed by atoms with Gasteiger partial charge in [-0.25, -0.2) is 13.1 Å². The van der Waals surface area contributed by atoms with Crippen LogP contribution in [0.1, 0.15) is 31.9 Å². The maximum atomic E-state index is 12.3. The maximum Gasteiger partial charge on any atom is 0.274 e. The zero-order chi connectivity index (χ0) is 15.3. The number of hydrogen-bond donors (Lipinski definition) is 2. The number of furan rings is 1. The van der Waals surface area contributed by atoms with Gasteiger partial charge in [-0.3, -0.25) is 0 Å². The van der Waals surface area contributed by atoms with Gasteiger partial charge in [0, 0.05) is 6.04 Å². The van der Waals surface area contributed by atoms with E-state index < -0.39 is 10.0 Å². The Labute approximate surface area is 126 Å². The molecule has 1 aromatic heterocycles. The molecule has 6 nitrogen and oxygen atoms in total. The fourth-order valence-electron chi connectivity index (χ4n) is 2.64. The van der Waals surface area contributed by atoms with Gasteiger partial charge in [0.1, 0.15) is 5.76 Å². The lowest BCUT2D eigenvalue weighted by Gasteiger charge is -2.31. The molecule has 0 atom stereocenters. The van der Waals surface area contributed by atoms with Crippen LogP contribution in [0.3, 0.4) is 0 Å². The molecule has 7 heteroatoms. The molecule has 21 heavy (non-hydrogen) atoms. The van der Waals surface area contributed by atoms with Crippen molar-refractivity contribution in [3.05, 3.63) is 17.9 Å². The molecular formula is C14H25N3O3S. The van der Waals surface area contributed by atoms with Crippen LogP contribution in [0.15, 0.2) is 21.6 Å². The molecule has 0 spiro atoms. The van der Waals surface area contributed by atoms with Gasteiger partial charge in [-0.15, -0.1) is 0 Å². The molecule has 0 aliphatic carbocycles. The summed E-state index contributed by atoms with van der Waals surface area (Å²) in [4.78, 5) is 2.38. The predicted octanol–water partition coefficient (Wildman–Crippen LogP) is 1.15. The summed E-state index contributed by atoms with van der Waals surface area (Å²) in [5.74, 6) is 0.621. The minimum Gasteiger partial charge on any atom is -0.447 e. The summed E-state index contributed by atoms with van der Waals surface area (Å²) in [5.41, 5.74) is 0. The van der Waals surface area contributed by atoms with E-state index in [4.69, 9.17) is 4.42 Å². The van der Waals surface area contributed by atoms with E-state index in [9.17, 15) is 8.42 Å². The van der Waals surface area contributed by atoms with E-state index in [1.165, 1.54) is 6.07 Å². The number of nitrogens with one attached hydrogen (secondary N) is 2. The second-order valence-electron chi connectivity index (χ2n) is 5.49. The fraction of sp³-hybridized carbons (Fsp3) is 0.714. The van der Waals surface area contributed by atoms with Gasteiger partial charge in [0.2, 0.25) is 5.09 Å². The van der Waals surface area contributed by atoms with Crippen LogP contribution in [0.25, 0.3) is 0 Å². The quantitative estimate of drug-likeness (QED) is 0.789. The highest BCUT2D eigenvalue weighted by Gasteiger charge is 2.26. The van der Waals surface area contributed by atoms with Crippen molar-refractivity contribution in [1.29, 1.82) is 0 Å². The van der Waals surface area contributed by atoms with Crippen molar-refractivity contribution in [2.75, 3.05) is 26.7 Å². The number of nitrogens with zero attached hydrogens (tertiary/aromatic N) is 1. The largest absolute Gasteiger partial charge is 0.447 e. The molecule has 0 saturated carbocycles. The van der Waals surface area contributed by atoms with E-state index >= 15 is 0 Å². The average molecular weight is 315 g/mol. The van der Waals surface area contributed by atoms with Crippen LogP contribution in [0.2, 0.25) is 0 Å². The van der Waals surface area contributed by atoms with Crippen molar-refractivity contribution in [2.45, 2.75) is 43.9 Å². The van der Waals surface area contributed by atoms with Gasteiger partial charge in [0.25, 0.3) is 10.0 Å². The van der Waals surface area contributed by atoms with Crippen molar-refractivity contribution in [2.24, 2.45) is 0 Å². The minimum atomic E-state index is -3.55. The molecule has 0 unspecified atom stereocenters. The van der Waals surface area contributed by atoms with Gasteiger partial charge in [0.15, 0.2) is 0 Å². The summed E-state index contributed by atoms with van der Waals surface area (Å²) in [6.45, 7) is 5.67. The maximum absolute atomic E-state index is 12.3. The number of piperidine rings is 1. The Kier molecular flexibility index (Phi) is 5.80. The zero-order valence-corrected chi connectivity index (χ0v) is 13.6. The normalized spacial score (nSPS) is 18.2. The number of likely N-dealkylation sites (tertiary alicyclic amines) is 1. The van der Waals surface area contributed by atoms with Crippen molar-refractivity contribution in [1.82, 2.24) is 14.9 Å². The van der Waals surface area contributed by atoms with Crippen LogP contribution in [0, 0.1) is 0 Å². The highest BCUT2D eigenvalue weighted by atomic mass is 32.2. The average Bonchev–Trinajstić information content (AvgIpc) is 2.91. The van der Waals surface area contributed by atoms with Crippen molar-refractivity contribution in [3.63, 3.8) is 0 Å². The third kappa shape index (κ3) is 4.54. The van der Waals surface area contributed by atoms with E-state index in [1.807, 2.05) is 0 Å². The summed E-state index contributed by atoms with van der Waals surface area (Å²) < 4.78 is 32.7. The van der Waals surface area contributed by atoms with Crippen LogP contribution in [-0.2, 0) is 16.6 Å². The van der Waals surface area contributed by atoms with Gasteiger partial charge < -0.3 is 14.6 Å². The Morgan fingerprint density at radius 2 is 2.05 bits per heavy atom. The standard InChI is InChI=1S/C14H25N3O3S/c1-3-8-17-9-6-12(7-10-17)16-21(18,19)14-5-4-13(20-14)11-15-2/h4-5,12,15-16H,3,6-11H2,1-2H3. The molecule has 1 aliphatic heterocycles. The topological polar surface area (TPSA) is 74.6 Å². The van der Waals surface area contributed by atoms with Gasteiger partial charge in [0.05, 0.1) is 6.54 Å². The fourth-order valence-corrected chi connectivity index (χ4v) is 3.89. The van der Waals surface area contributed by atoms with Gasteiger partial charge in [-0.1, -0.05) is 6.92 Å². The summed E-state index contributed by atoms with van der Waals surface area (Å²) in [5, 5.41) is 2.94. The molecule has 0 amide bonds. The first-order valence-electron chi connectivity index (χ1n) is 7.53. The highest BCUT2D eigenvalue weighted by molar-refractivity contribution is 7.89. The van der Waals surface area contributed by atoms with Crippen LogP contribution in [-0.4, -0.2) is 46.0 Å². The van der Waals surface area contributed by atoms with E-state index in [1.54, 1.807) is 13.1 Å². The van der Waals surface area contributed by atoms with Crippen LogP contribution >= 0.6 is 0 Å². The molecule has 0 bridgehead atoms. The minimum absolute atomic E-state index is 0.000885. The second kappa shape index (κ2) is 7.40. The first kappa shape index (κ1) is 16.5. The molecule has 1 saturated heterocycles. The summed E-state index contributed by atoms with van der Waals surface area (Å²) in [6, 6.07) is 3.21. The van der Waals surface area contributed by atoms with Crippen molar-refractivity contribution < 1.29 is 12.8 Å². The monoisotopic (exact) mass is 315 g/mol. The van der Waals surface area contributed by atoms with Crippen LogP contribution in [0.5, 0.6) is 0 Å². The number of hydrogen-bond acceptors (Lipinski definition) is 5. The molecule has 2 rings (SSSR count). The summed E-state index contributed by atoms with van der Waals surface area (Å²) in [6.07, 6.45) is 2.84. The van der Waals surface area contributed by atoms with Crippen LogP contribution < -0.4 is 10.0 Å². The lowest BCUT2D eigenvalue weighted by molar-refractivity contribution is 0.207. The van der Waals surface area contributed by atoms with E-state index in [0.717, 1.165) is 38.9 Å². The van der Waals surface area contributed by atoms with Crippen LogP contribution in [0.4, 0.5) is 0 Å². The molecule has 1 aliphatic rings. The smallest absolute Gasteiger partial charge is 0.274 e. The molecule has 0 aromatic carbocycles. The number of sulfonamides is 1. The second-order valence-corrected chi connectivity index (χ2v) is 7.13. The summed E-state index contributed by atoms with van der Waals surface area (Å²) >= 11 is 0. The third-order valence-electron chi connectivity index (χ3n) is 3.70. The summed E-state index contributed by atoms with van der Waals surface area (Å²) in [7, 11) is -1.76. The van der Waals surface area contributed by atoms with Gasteiger partial charge >= 0.3 is 0 Å². The zero-order valence-electron chi connectivity index (χ0n) is 12.8. The Bertz CT molecular complexity index is 533. The Hall–Kier alpha value is -0.890. The molecule has 120 valence electrons. The van der Waals surface area contributed by atoms with E-state index in [-0.39, 0.29) is 11.1 Å². The molecule has 2 N–H and O–H groups in total. The first-order valence-corrected chi connectivity index (χ1v) is 9.01. The van der Waals surface area contributed by atoms with E-state index in [0.29, 0.717) is 12.3 Å². The lowest BCUT2D eigenvalue weighted by Crippen LogP contribution is -2.44. The third-order valence-corrected chi connectivity index (χ3v) is 5.09. The van der Waals surface area contributed by atoms with Crippen molar-refractivity contribution >= 4 is 10.0 Å². The SMILES string of the molecule is CCCN1CCC(NS(=O)(=O)c2ccc(CNC)o2)CC1. The van der Waals surface area contributed by atoms with Gasteiger partial charge in [-0.2, -0.15) is 0 Å². The molecule has 2 heterocycles. The first-order chi connectivity index (χ1) is 10.0. The molecule has 0 radical (unpaired) electrons. The molecule has 1 fully saturated rings. The van der Waals surface area contributed by atoms with E-state index in [2.05, 4.69) is 21.9 Å². The Morgan fingerprint density at radius 3 is 2.67 bits per heavy atom. The lowest BCUT2D eigenvalue weighted by atomic mass is 10.1. The molecule has 1 aromatic rings.